The minimum Gasteiger partial charge on any atom is -0.343 e. The van der Waals surface area contributed by atoms with Gasteiger partial charge in [0.25, 0.3) is 0 Å². The van der Waals surface area contributed by atoms with E-state index in [2.05, 4.69) is 0 Å². The second-order valence-electron chi connectivity index (χ2n) is 7.83. The molecule has 2 saturated heterocycles. The molecule has 0 bridgehead atoms. The Bertz CT molecular complexity index is 738. The van der Waals surface area contributed by atoms with Gasteiger partial charge in [-0.25, -0.2) is 8.42 Å². The summed E-state index contributed by atoms with van der Waals surface area (Å²) in [4.78, 5) is 14.7. The number of nitrogens with zero attached hydrogens (tertiary/aromatic N) is 2. The third-order valence-electron chi connectivity index (χ3n) is 5.89. The van der Waals surface area contributed by atoms with Gasteiger partial charge in [-0.3, -0.25) is 4.79 Å². The highest BCUT2D eigenvalue weighted by Crippen LogP contribution is 2.22. The van der Waals surface area contributed by atoms with Crippen LogP contribution in [0.1, 0.15) is 44.6 Å². The number of sulfonamides is 1. The van der Waals surface area contributed by atoms with Gasteiger partial charge in [0.15, 0.2) is 0 Å². The number of halogens is 1. The van der Waals surface area contributed by atoms with Crippen LogP contribution in [-0.4, -0.2) is 55.8 Å². The molecule has 8 heteroatoms. The number of rotatable bonds is 6. The van der Waals surface area contributed by atoms with Gasteiger partial charge in [-0.2, -0.15) is 4.31 Å². The highest BCUT2D eigenvalue weighted by Gasteiger charge is 2.27. The summed E-state index contributed by atoms with van der Waals surface area (Å²) < 4.78 is 26.7. The maximum atomic E-state index is 12.5. The van der Waals surface area contributed by atoms with Crippen molar-refractivity contribution in [3.05, 3.63) is 29.8 Å². The summed E-state index contributed by atoms with van der Waals surface area (Å²) in [6, 6.07) is 7.19. The number of piperidine rings is 1. The average molecular weight is 430 g/mol. The Morgan fingerprint density at radius 2 is 1.68 bits per heavy atom. The van der Waals surface area contributed by atoms with Crippen LogP contribution >= 0.6 is 12.4 Å². The lowest BCUT2D eigenvalue weighted by Crippen LogP contribution is -2.42. The predicted octanol–water partition coefficient (Wildman–Crippen LogP) is 2.41. The molecular formula is C20H32ClN3O3S. The predicted molar refractivity (Wildman–Crippen MR) is 113 cm³/mol. The van der Waals surface area contributed by atoms with Gasteiger partial charge in [0, 0.05) is 38.6 Å². The largest absolute Gasteiger partial charge is 0.343 e. The topological polar surface area (TPSA) is 83.7 Å². The third-order valence-corrected chi connectivity index (χ3v) is 7.80. The number of nitrogens with two attached hydrogens (primary N) is 1. The smallest absolute Gasteiger partial charge is 0.243 e. The van der Waals surface area contributed by atoms with Crippen LogP contribution in [0.4, 0.5) is 0 Å². The van der Waals surface area contributed by atoms with E-state index in [0.29, 0.717) is 36.7 Å². The van der Waals surface area contributed by atoms with E-state index in [1.165, 1.54) is 0 Å². The highest BCUT2D eigenvalue weighted by atomic mass is 35.5. The molecule has 158 valence electrons. The minimum absolute atomic E-state index is 0. The second kappa shape index (κ2) is 10.1. The Labute approximate surface area is 174 Å². The average Bonchev–Trinajstić information content (AvgIpc) is 3.22. The zero-order valence-electron chi connectivity index (χ0n) is 16.5. The maximum absolute atomic E-state index is 12.5. The standard InChI is InChI=1S/C20H31N3O3S.ClH/c1-16(21)18-10-14-22(15-11-18)20(24)9-6-17-4-7-19(8-5-17)27(25,26)23-12-2-3-13-23;/h4-5,7-8,16,18H,2-3,6,9-15,21H2,1H3;1H. The Hall–Kier alpha value is -1.15. The molecule has 0 saturated carbocycles. The van der Waals surface area contributed by atoms with Gasteiger partial charge in [-0.15, -0.1) is 12.4 Å². The van der Waals surface area contributed by atoms with E-state index in [4.69, 9.17) is 5.73 Å². The van der Waals surface area contributed by atoms with E-state index in [-0.39, 0.29) is 24.4 Å². The maximum Gasteiger partial charge on any atom is 0.243 e. The van der Waals surface area contributed by atoms with E-state index in [9.17, 15) is 13.2 Å². The van der Waals surface area contributed by atoms with Crippen molar-refractivity contribution in [1.29, 1.82) is 0 Å². The molecule has 1 aromatic rings. The van der Waals surface area contributed by atoms with Crippen LogP contribution in [0, 0.1) is 5.92 Å². The van der Waals surface area contributed by atoms with Crippen LogP contribution in [-0.2, 0) is 21.2 Å². The summed E-state index contributed by atoms with van der Waals surface area (Å²) in [5.41, 5.74) is 6.95. The van der Waals surface area contributed by atoms with E-state index >= 15 is 0 Å². The van der Waals surface area contributed by atoms with Gasteiger partial charge in [0.1, 0.15) is 0 Å². The number of aryl methyl sites for hydroxylation is 1. The molecule has 6 nitrogen and oxygen atoms in total. The van der Waals surface area contributed by atoms with Gasteiger partial charge >= 0.3 is 0 Å². The molecule has 2 N–H and O–H groups in total. The molecule has 28 heavy (non-hydrogen) atoms. The lowest BCUT2D eigenvalue weighted by Gasteiger charge is -2.33. The first-order chi connectivity index (χ1) is 12.9. The van der Waals surface area contributed by atoms with Crippen LogP contribution in [0.15, 0.2) is 29.2 Å². The fraction of sp³-hybridized carbons (Fsp3) is 0.650. The first-order valence-electron chi connectivity index (χ1n) is 10.0. The van der Waals surface area contributed by atoms with Crippen molar-refractivity contribution in [1.82, 2.24) is 9.21 Å². The molecule has 0 spiro atoms. The molecule has 1 aromatic carbocycles. The number of hydrogen-bond donors (Lipinski definition) is 1. The summed E-state index contributed by atoms with van der Waals surface area (Å²) in [6.45, 7) is 4.84. The van der Waals surface area contributed by atoms with Crippen molar-refractivity contribution in [3.8, 4) is 0 Å². The van der Waals surface area contributed by atoms with Crippen LogP contribution in [0.3, 0.4) is 0 Å². The summed E-state index contributed by atoms with van der Waals surface area (Å²) in [5.74, 6) is 0.686. The van der Waals surface area contributed by atoms with Crippen molar-refractivity contribution in [2.45, 2.75) is 56.4 Å². The molecule has 1 amide bonds. The molecule has 0 aliphatic carbocycles. The highest BCUT2D eigenvalue weighted by molar-refractivity contribution is 7.89. The number of carbonyl (C=O) groups is 1. The number of amides is 1. The summed E-state index contributed by atoms with van der Waals surface area (Å²) in [7, 11) is -3.37. The number of hydrogen-bond acceptors (Lipinski definition) is 4. The SMILES string of the molecule is CC(N)C1CCN(C(=O)CCc2ccc(S(=O)(=O)N3CCCC3)cc2)CC1.Cl. The second-order valence-corrected chi connectivity index (χ2v) is 9.77. The molecule has 2 fully saturated rings. The van der Waals surface area contributed by atoms with E-state index in [0.717, 1.165) is 44.3 Å². The van der Waals surface area contributed by atoms with E-state index in [1.807, 2.05) is 24.0 Å². The summed E-state index contributed by atoms with van der Waals surface area (Å²) in [5, 5.41) is 0. The van der Waals surface area contributed by atoms with E-state index < -0.39 is 10.0 Å². The first-order valence-corrected chi connectivity index (χ1v) is 11.4. The minimum atomic E-state index is -3.37. The molecule has 2 heterocycles. The van der Waals surface area contributed by atoms with Crippen molar-refractivity contribution in [3.63, 3.8) is 0 Å². The van der Waals surface area contributed by atoms with Crippen LogP contribution < -0.4 is 5.73 Å². The third kappa shape index (κ3) is 5.47. The lowest BCUT2D eigenvalue weighted by atomic mass is 9.91. The van der Waals surface area contributed by atoms with Gasteiger partial charge in [0.05, 0.1) is 4.90 Å². The Morgan fingerprint density at radius 1 is 1.11 bits per heavy atom. The summed E-state index contributed by atoms with van der Waals surface area (Å²) in [6.07, 6.45) is 4.91. The van der Waals surface area contributed by atoms with Crippen LogP contribution in [0.2, 0.25) is 0 Å². The van der Waals surface area contributed by atoms with Crippen LogP contribution in [0.5, 0.6) is 0 Å². The Kier molecular flexibility index (Phi) is 8.30. The first kappa shape index (κ1) is 23.1. The van der Waals surface area contributed by atoms with E-state index in [1.54, 1.807) is 16.4 Å². The Morgan fingerprint density at radius 3 is 2.21 bits per heavy atom. The molecule has 1 atom stereocenters. The van der Waals surface area contributed by atoms with Crippen LogP contribution in [0.25, 0.3) is 0 Å². The quantitative estimate of drug-likeness (QED) is 0.752. The molecule has 3 rings (SSSR count). The molecule has 2 aliphatic rings. The van der Waals surface area contributed by atoms with Crippen molar-refractivity contribution in [2.75, 3.05) is 26.2 Å². The summed E-state index contributed by atoms with van der Waals surface area (Å²) >= 11 is 0. The lowest BCUT2D eigenvalue weighted by molar-refractivity contribution is -0.132. The zero-order valence-corrected chi connectivity index (χ0v) is 18.2. The monoisotopic (exact) mass is 429 g/mol. The molecular weight excluding hydrogens is 398 g/mol. The van der Waals surface area contributed by atoms with Crippen molar-refractivity contribution >= 4 is 28.3 Å². The zero-order chi connectivity index (χ0) is 19.4. The fourth-order valence-corrected chi connectivity index (χ4v) is 5.51. The number of likely N-dealkylation sites (tertiary alicyclic amines) is 1. The Balaban J connectivity index is 0.00000280. The molecule has 0 aromatic heterocycles. The van der Waals surface area contributed by atoms with Gasteiger partial charge in [0.2, 0.25) is 15.9 Å². The molecule has 2 aliphatic heterocycles. The fourth-order valence-electron chi connectivity index (χ4n) is 3.99. The normalized spacial score (nSPS) is 20.0. The van der Waals surface area contributed by atoms with Gasteiger partial charge in [-0.1, -0.05) is 12.1 Å². The van der Waals surface area contributed by atoms with Crippen molar-refractivity contribution < 1.29 is 13.2 Å². The molecule has 1 unspecified atom stereocenters. The number of benzene rings is 1. The van der Waals surface area contributed by atoms with Crippen molar-refractivity contribution in [2.24, 2.45) is 11.7 Å². The molecule has 0 radical (unpaired) electrons. The van der Waals surface area contributed by atoms with Gasteiger partial charge in [-0.05, 0) is 62.6 Å². The van der Waals surface area contributed by atoms with Gasteiger partial charge < -0.3 is 10.6 Å². The number of carbonyl (C=O) groups excluding carboxylic acids is 1.